The van der Waals surface area contributed by atoms with Gasteiger partial charge in [0.15, 0.2) is 0 Å². The van der Waals surface area contributed by atoms with Gasteiger partial charge in [0.25, 0.3) is 0 Å². The van der Waals surface area contributed by atoms with E-state index in [0.717, 1.165) is 6.16 Å². The van der Waals surface area contributed by atoms with Gasteiger partial charge >= 0.3 is 0 Å². The molecular weight excluding hydrogens is 397 g/mol. The zero-order valence-corrected chi connectivity index (χ0v) is 21.1. The van der Waals surface area contributed by atoms with Crippen molar-refractivity contribution in [3.05, 3.63) is 0 Å². The highest BCUT2D eigenvalue weighted by atomic mass is 32.3. The maximum Gasteiger partial charge on any atom is 0.219 e. The third-order valence-electron chi connectivity index (χ3n) is 4.22. The van der Waals surface area contributed by atoms with Crippen molar-refractivity contribution >= 4 is 18.1 Å². The van der Waals surface area contributed by atoms with Gasteiger partial charge in [-0.3, -0.25) is 4.18 Å². The summed E-state index contributed by atoms with van der Waals surface area (Å²) in [4.78, 5) is 0. The van der Waals surface area contributed by atoms with Gasteiger partial charge in [-0.15, -0.1) is 0 Å². The lowest BCUT2D eigenvalue weighted by molar-refractivity contribution is 0.275. The highest BCUT2D eigenvalue weighted by Crippen LogP contribution is 2.48. The maximum atomic E-state index is 9.45. The minimum atomic E-state index is -4.42. The Morgan fingerprint density at radius 1 is 0.786 bits per heavy atom. The van der Waals surface area contributed by atoms with Crippen molar-refractivity contribution in [3.63, 3.8) is 0 Å². The largest absolute Gasteiger partial charge is 0.726 e. The summed E-state index contributed by atoms with van der Waals surface area (Å²) in [6, 6.07) is 1.72. The van der Waals surface area contributed by atoms with Crippen LogP contribution in [0, 0.1) is 0 Å². The molecule has 3 atom stereocenters. The lowest BCUT2D eigenvalue weighted by Crippen LogP contribution is -2.48. The summed E-state index contributed by atoms with van der Waals surface area (Å²) in [7, 11) is -5.91. The molecule has 28 heavy (non-hydrogen) atoms. The second kappa shape index (κ2) is 16.9. The molecule has 0 aromatic carbocycles. The molecule has 0 bridgehead atoms. The number of rotatable bonds is 15. The Hall–Kier alpha value is 0.180. The molecule has 0 saturated heterocycles. The van der Waals surface area contributed by atoms with Crippen LogP contribution in [0.15, 0.2) is 0 Å². The minimum Gasteiger partial charge on any atom is -0.726 e. The summed E-state index contributed by atoms with van der Waals surface area (Å²) in [6.07, 6.45) is 8.62. The van der Waals surface area contributed by atoms with Crippen molar-refractivity contribution < 1.29 is 17.2 Å². The van der Waals surface area contributed by atoms with E-state index in [0.29, 0.717) is 18.1 Å². The molecule has 0 amide bonds. The van der Waals surface area contributed by atoms with Gasteiger partial charge in [0.2, 0.25) is 18.1 Å². The first-order valence-corrected chi connectivity index (χ1v) is 14.1. The van der Waals surface area contributed by atoms with E-state index < -0.39 is 18.1 Å². The lowest BCUT2D eigenvalue weighted by Gasteiger charge is -2.34. The first-order valence-electron chi connectivity index (χ1n) is 10.8. The molecule has 0 aromatic heterocycles. The molecule has 0 spiro atoms. The van der Waals surface area contributed by atoms with Crippen molar-refractivity contribution in [2.24, 2.45) is 0 Å². The second-order valence-corrected chi connectivity index (χ2v) is 11.5. The topological polar surface area (TPSA) is 103 Å². The van der Waals surface area contributed by atoms with E-state index in [-0.39, 0.29) is 6.61 Å². The Labute approximate surface area is 175 Å². The zero-order chi connectivity index (χ0) is 22.2. The number of nitrogens with one attached hydrogen (secondary N) is 3. The fourth-order valence-corrected chi connectivity index (χ4v) is 6.86. The predicted octanol–water partition coefficient (Wildman–Crippen LogP) is 4.59. The molecule has 0 saturated carbocycles. The monoisotopic (exact) mass is 443 g/mol. The molecule has 172 valence electrons. The van der Waals surface area contributed by atoms with Crippen molar-refractivity contribution in [1.29, 1.82) is 0 Å². The summed E-state index contributed by atoms with van der Waals surface area (Å²) >= 11 is 0. The minimum absolute atomic E-state index is 0.0914. The first kappa shape index (κ1) is 30.4. The van der Waals surface area contributed by atoms with E-state index in [2.05, 4.69) is 67.9 Å². The Morgan fingerprint density at radius 2 is 1.11 bits per heavy atom. The Bertz CT molecular complexity index is 430. The smallest absolute Gasteiger partial charge is 0.219 e. The van der Waals surface area contributed by atoms with Gasteiger partial charge in [-0.25, -0.2) is 8.42 Å². The number of hydrogen-bond donors (Lipinski definition) is 3. The third-order valence-corrected chi connectivity index (χ3v) is 8.34. The van der Waals surface area contributed by atoms with Crippen LogP contribution in [0.1, 0.15) is 93.9 Å². The van der Waals surface area contributed by atoms with Gasteiger partial charge in [-0.05, 0) is 53.9 Å². The second-order valence-electron chi connectivity index (χ2n) is 7.40. The normalized spacial score (nSPS) is 17.2. The summed E-state index contributed by atoms with van der Waals surface area (Å²) < 4.78 is 32.0. The fraction of sp³-hybridized carbons (Fsp3) is 1.00. The average Bonchev–Trinajstić information content (AvgIpc) is 2.54. The lowest BCUT2D eigenvalue weighted by atomic mass is 10.2. The van der Waals surface area contributed by atoms with Crippen molar-refractivity contribution in [3.8, 4) is 0 Å². The van der Waals surface area contributed by atoms with Crippen LogP contribution in [0.2, 0.25) is 0 Å². The quantitative estimate of drug-likeness (QED) is 0.193. The van der Waals surface area contributed by atoms with Crippen LogP contribution in [0.25, 0.3) is 0 Å². The van der Waals surface area contributed by atoms with Crippen LogP contribution >= 0.6 is 7.71 Å². The molecule has 0 rings (SSSR count). The molecule has 3 unspecified atom stereocenters. The van der Waals surface area contributed by atoms with Gasteiger partial charge in [0, 0.05) is 18.1 Å². The molecule has 3 N–H and O–H groups in total. The molecule has 0 fully saturated rings. The SMILES string of the molecule is CCCC(C)N[P+](CC)(NC(C)CCC)NC(C)CCC.CCOS(=O)(=O)[O-]. The standard InChI is InChI=1S/C17H41N3P.C2H6O4S/c1-8-12-15(5)18-21(11-4,19-16(6)13-9-2)20-17(7)14-10-3;1-2-6-7(3,4)5/h15-20H,8-14H2,1-7H3;2H2,1H3,(H,3,4,5)/q+1;/p-1. The summed E-state index contributed by atoms with van der Waals surface area (Å²) in [5.41, 5.74) is 0. The Morgan fingerprint density at radius 3 is 1.25 bits per heavy atom. The maximum absolute atomic E-state index is 9.45. The fourth-order valence-electron chi connectivity index (χ4n) is 3.15. The summed E-state index contributed by atoms with van der Waals surface area (Å²) in [5, 5.41) is 11.8. The van der Waals surface area contributed by atoms with Gasteiger partial charge in [-0.1, -0.05) is 40.0 Å². The van der Waals surface area contributed by atoms with E-state index in [4.69, 9.17) is 0 Å². The zero-order valence-electron chi connectivity index (χ0n) is 19.4. The van der Waals surface area contributed by atoms with Crippen LogP contribution in [0.5, 0.6) is 0 Å². The van der Waals surface area contributed by atoms with Gasteiger partial charge in [0.1, 0.15) is 6.16 Å². The molecule has 9 heteroatoms. The molecule has 7 nitrogen and oxygen atoms in total. The van der Waals surface area contributed by atoms with Crippen LogP contribution < -0.4 is 15.3 Å². The molecular formula is C19H46N3O4PS. The van der Waals surface area contributed by atoms with E-state index >= 15 is 0 Å². The van der Waals surface area contributed by atoms with Gasteiger partial charge in [0.05, 0.1) is 6.61 Å². The Balaban J connectivity index is 0. The highest BCUT2D eigenvalue weighted by Gasteiger charge is 2.40. The molecule has 0 aliphatic rings. The van der Waals surface area contributed by atoms with Crippen LogP contribution in [0.3, 0.4) is 0 Å². The molecule has 0 aromatic rings. The van der Waals surface area contributed by atoms with Gasteiger partial charge < -0.3 is 4.55 Å². The third kappa shape index (κ3) is 17.1. The van der Waals surface area contributed by atoms with Crippen LogP contribution in [0.4, 0.5) is 0 Å². The average molecular weight is 444 g/mol. The van der Waals surface area contributed by atoms with Crippen molar-refractivity contribution in [2.45, 2.75) is 112 Å². The summed E-state index contributed by atoms with van der Waals surface area (Å²) in [5.74, 6) is 0. The van der Waals surface area contributed by atoms with E-state index in [1.54, 1.807) is 0 Å². The summed E-state index contributed by atoms with van der Waals surface area (Å²) in [6.45, 7) is 17.4. The van der Waals surface area contributed by atoms with E-state index in [9.17, 15) is 13.0 Å². The number of hydrogen-bond acceptors (Lipinski definition) is 7. The molecule has 0 aliphatic heterocycles. The van der Waals surface area contributed by atoms with E-state index in [1.807, 2.05) is 0 Å². The molecule has 0 radical (unpaired) electrons. The molecule has 0 heterocycles. The van der Waals surface area contributed by atoms with Crippen LogP contribution in [-0.4, -0.2) is 43.9 Å². The van der Waals surface area contributed by atoms with Crippen molar-refractivity contribution in [2.75, 3.05) is 12.8 Å². The van der Waals surface area contributed by atoms with Crippen molar-refractivity contribution in [1.82, 2.24) is 15.3 Å². The van der Waals surface area contributed by atoms with Crippen LogP contribution in [-0.2, 0) is 14.6 Å². The predicted molar refractivity (Wildman–Crippen MR) is 121 cm³/mol. The van der Waals surface area contributed by atoms with Gasteiger partial charge in [-0.2, -0.15) is 15.3 Å². The Kier molecular flexibility index (Phi) is 18.4. The highest BCUT2D eigenvalue weighted by molar-refractivity contribution is 7.80. The van der Waals surface area contributed by atoms with E-state index in [1.165, 1.54) is 45.4 Å². The first-order chi connectivity index (χ1) is 13.0. The molecule has 0 aliphatic carbocycles.